The summed E-state index contributed by atoms with van der Waals surface area (Å²) in [5.41, 5.74) is 4.18. The van der Waals surface area contributed by atoms with Gasteiger partial charge < -0.3 is 14.1 Å². The van der Waals surface area contributed by atoms with Gasteiger partial charge in [-0.1, -0.05) is 6.92 Å². The van der Waals surface area contributed by atoms with Crippen molar-refractivity contribution in [3.8, 4) is 11.3 Å². The standard InChI is InChI=1S/C25H25BrFNO3/c1-4-15(3)24(30-5-2)23-18-13-19(26)20(28-12-6-7-22(28)29)14-21(18)31-25(23)16-8-10-17(27)11-9-16/h8-11,13-14H,4-7,12H2,1-3H3/b24-15+. The number of allylic oxidation sites excluding steroid dienone is 1. The molecule has 0 spiro atoms. The van der Waals surface area contributed by atoms with Gasteiger partial charge in [0, 0.05) is 34.5 Å². The molecule has 1 amide bonds. The van der Waals surface area contributed by atoms with E-state index in [9.17, 15) is 9.18 Å². The lowest BCUT2D eigenvalue weighted by molar-refractivity contribution is -0.117. The molecular formula is C25H25BrFNO3. The summed E-state index contributed by atoms with van der Waals surface area (Å²) < 4.78 is 26.8. The van der Waals surface area contributed by atoms with E-state index >= 15 is 0 Å². The van der Waals surface area contributed by atoms with E-state index in [1.54, 1.807) is 17.0 Å². The normalized spacial score (nSPS) is 15.0. The molecule has 4 rings (SSSR count). The molecule has 0 unspecified atom stereocenters. The van der Waals surface area contributed by atoms with Crippen LogP contribution < -0.4 is 4.90 Å². The molecule has 31 heavy (non-hydrogen) atoms. The van der Waals surface area contributed by atoms with Crippen LogP contribution in [0, 0.1) is 5.82 Å². The summed E-state index contributed by atoms with van der Waals surface area (Å²) >= 11 is 3.66. The topological polar surface area (TPSA) is 42.7 Å². The molecule has 0 N–H and O–H groups in total. The number of carbonyl (C=O) groups is 1. The first-order valence-corrected chi connectivity index (χ1v) is 11.4. The van der Waals surface area contributed by atoms with E-state index in [-0.39, 0.29) is 11.7 Å². The Hall–Kier alpha value is -2.60. The van der Waals surface area contributed by atoms with Crippen molar-refractivity contribution < 1.29 is 18.3 Å². The number of halogens is 2. The van der Waals surface area contributed by atoms with E-state index < -0.39 is 0 Å². The number of amides is 1. The van der Waals surface area contributed by atoms with Crippen molar-refractivity contribution in [1.29, 1.82) is 0 Å². The molecule has 0 atom stereocenters. The van der Waals surface area contributed by atoms with Gasteiger partial charge in [0.1, 0.15) is 22.9 Å². The number of fused-ring (bicyclic) bond motifs is 1. The molecule has 4 nitrogen and oxygen atoms in total. The van der Waals surface area contributed by atoms with Crippen LogP contribution in [0.4, 0.5) is 10.1 Å². The minimum Gasteiger partial charge on any atom is -0.493 e. The van der Waals surface area contributed by atoms with E-state index in [0.717, 1.165) is 50.8 Å². The van der Waals surface area contributed by atoms with E-state index in [1.807, 2.05) is 26.0 Å². The molecule has 2 heterocycles. The maximum absolute atomic E-state index is 13.6. The van der Waals surface area contributed by atoms with Crippen molar-refractivity contribution in [1.82, 2.24) is 0 Å². The van der Waals surface area contributed by atoms with Crippen molar-refractivity contribution >= 4 is 44.3 Å². The van der Waals surface area contributed by atoms with Crippen LogP contribution in [-0.2, 0) is 9.53 Å². The third-order valence-electron chi connectivity index (χ3n) is 5.66. The van der Waals surface area contributed by atoms with Crippen molar-refractivity contribution in [2.24, 2.45) is 0 Å². The lowest BCUT2D eigenvalue weighted by atomic mass is 10.00. The quantitative estimate of drug-likeness (QED) is 0.343. The average molecular weight is 486 g/mol. The number of anilines is 1. The largest absolute Gasteiger partial charge is 0.493 e. The SMILES string of the molecule is CCO/C(=C(\C)CC)c1c(-c2ccc(F)cc2)oc2cc(N3CCCC3=O)c(Br)cc12. The predicted molar refractivity (Wildman–Crippen MR) is 125 cm³/mol. The summed E-state index contributed by atoms with van der Waals surface area (Å²) in [6.07, 6.45) is 2.23. The van der Waals surface area contributed by atoms with Crippen molar-refractivity contribution in [2.75, 3.05) is 18.1 Å². The summed E-state index contributed by atoms with van der Waals surface area (Å²) in [7, 11) is 0. The van der Waals surface area contributed by atoms with Gasteiger partial charge in [-0.2, -0.15) is 0 Å². The number of carbonyl (C=O) groups excluding carboxylic acids is 1. The van der Waals surface area contributed by atoms with Crippen LogP contribution in [0.2, 0.25) is 0 Å². The fourth-order valence-electron chi connectivity index (χ4n) is 3.96. The summed E-state index contributed by atoms with van der Waals surface area (Å²) in [5, 5.41) is 0.887. The van der Waals surface area contributed by atoms with Gasteiger partial charge in [-0.25, -0.2) is 4.39 Å². The smallest absolute Gasteiger partial charge is 0.227 e. The Morgan fingerprint density at radius 1 is 1.23 bits per heavy atom. The van der Waals surface area contributed by atoms with Crippen molar-refractivity contribution in [2.45, 2.75) is 40.0 Å². The first-order chi connectivity index (χ1) is 14.9. The molecule has 2 aromatic carbocycles. The second-order valence-electron chi connectivity index (χ2n) is 7.66. The van der Waals surface area contributed by atoms with Crippen LogP contribution in [0.3, 0.4) is 0 Å². The van der Waals surface area contributed by atoms with Crippen molar-refractivity contribution in [3.05, 3.63) is 57.8 Å². The van der Waals surface area contributed by atoms with Gasteiger partial charge in [-0.3, -0.25) is 4.79 Å². The fourth-order valence-corrected chi connectivity index (χ4v) is 4.52. The highest BCUT2D eigenvalue weighted by molar-refractivity contribution is 9.10. The Labute approximate surface area is 189 Å². The van der Waals surface area contributed by atoms with E-state index in [0.29, 0.717) is 30.9 Å². The van der Waals surface area contributed by atoms with Gasteiger partial charge in [0.2, 0.25) is 5.91 Å². The molecule has 1 fully saturated rings. The summed E-state index contributed by atoms with van der Waals surface area (Å²) in [6, 6.07) is 10.2. The molecule has 0 aliphatic carbocycles. The monoisotopic (exact) mass is 485 g/mol. The lowest BCUT2D eigenvalue weighted by Crippen LogP contribution is -2.23. The molecular weight excluding hydrogens is 461 g/mol. The van der Waals surface area contributed by atoms with Crippen LogP contribution in [-0.4, -0.2) is 19.1 Å². The maximum Gasteiger partial charge on any atom is 0.227 e. The third-order valence-corrected chi connectivity index (χ3v) is 6.30. The second-order valence-corrected chi connectivity index (χ2v) is 8.51. The predicted octanol–water partition coefficient (Wildman–Crippen LogP) is 7.31. The van der Waals surface area contributed by atoms with Crippen LogP contribution in [0.5, 0.6) is 0 Å². The van der Waals surface area contributed by atoms with Crippen LogP contribution in [0.1, 0.15) is 45.6 Å². The van der Waals surface area contributed by atoms with Crippen LogP contribution in [0.25, 0.3) is 28.1 Å². The third kappa shape index (κ3) is 4.01. The Balaban J connectivity index is 2.00. The molecule has 0 saturated carbocycles. The van der Waals surface area contributed by atoms with Gasteiger partial charge in [-0.05, 0) is 78.5 Å². The Bertz CT molecular complexity index is 1160. The van der Waals surface area contributed by atoms with Gasteiger partial charge in [0.15, 0.2) is 0 Å². The summed E-state index contributed by atoms with van der Waals surface area (Å²) in [4.78, 5) is 14.1. The minimum atomic E-state index is -0.302. The summed E-state index contributed by atoms with van der Waals surface area (Å²) in [6.45, 7) is 7.30. The zero-order chi connectivity index (χ0) is 22.1. The number of rotatable bonds is 6. The highest BCUT2D eigenvalue weighted by Crippen LogP contribution is 2.44. The Morgan fingerprint density at radius 3 is 2.58 bits per heavy atom. The van der Waals surface area contributed by atoms with Gasteiger partial charge >= 0.3 is 0 Å². The molecule has 0 bridgehead atoms. The highest BCUT2D eigenvalue weighted by Gasteiger charge is 2.27. The van der Waals surface area contributed by atoms with Gasteiger partial charge in [0.25, 0.3) is 0 Å². The zero-order valence-corrected chi connectivity index (χ0v) is 19.5. The van der Waals surface area contributed by atoms with E-state index in [2.05, 4.69) is 22.9 Å². The first kappa shape index (κ1) is 21.6. The molecule has 1 aliphatic rings. The molecule has 3 aromatic rings. The van der Waals surface area contributed by atoms with E-state index in [1.165, 1.54) is 12.1 Å². The Morgan fingerprint density at radius 2 is 1.97 bits per heavy atom. The number of nitrogens with zero attached hydrogens (tertiary/aromatic N) is 1. The number of furan rings is 1. The van der Waals surface area contributed by atoms with Crippen LogP contribution in [0.15, 0.2) is 50.9 Å². The number of benzene rings is 2. The van der Waals surface area contributed by atoms with Crippen LogP contribution >= 0.6 is 15.9 Å². The summed E-state index contributed by atoms with van der Waals surface area (Å²) in [5.74, 6) is 1.22. The zero-order valence-electron chi connectivity index (χ0n) is 17.9. The fraction of sp³-hybridized carbons (Fsp3) is 0.320. The minimum absolute atomic E-state index is 0.113. The van der Waals surface area contributed by atoms with Gasteiger partial charge in [0.05, 0.1) is 17.9 Å². The van der Waals surface area contributed by atoms with Crippen molar-refractivity contribution in [3.63, 3.8) is 0 Å². The first-order valence-electron chi connectivity index (χ1n) is 10.6. The number of ether oxygens (including phenoxy) is 1. The number of hydrogen-bond donors (Lipinski definition) is 0. The average Bonchev–Trinajstić information content (AvgIpc) is 3.34. The highest BCUT2D eigenvalue weighted by atomic mass is 79.9. The maximum atomic E-state index is 13.6. The molecule has 1 saturated heterocycles. The second kappa shape index (κ2) is 8.87. The number of hydrogen-bond acceptors (Lipinski definition) is 3. The Kier molecular flexibility index (Phi) is 6.19. The lowest BCUT2D eigenvalue weighted by Gasteiger charge is -2.17. The molecule has 6 heteroatoms. The molecule has 162 valence electrons. The molecule has 0 radical (unpaired) electrons. The van der Waals surface area contributed by atoms with E-state index in [4.69, 9.17) is 9.15 Å². The van der Waals surface area contributed by atoms with Gasteiger partial charge in [-0.15, -0.1) is 0 Å². The molecule has 1 aromatic heterocycles. The molecule has 1 aliphatic heterocycles.